The maximum Gasteiger partial charge on any atom is 0.261 e. The summed E-state index contributed by atoms with van der Waals surface area (Å²) in [7, 11) is 3.00. The van der Waals surface area contributed by atoms with E-state index in [0.717, 1.165) is 0 Å². The fraction of sp³-hybridized carbons (Fsp3) is 0.269. The molecule has 1 heterocycles. The Kier molecular flexibility index (Phi) is 8.54. The van der Waals surface area contributed by atoms with Gasteiger partial charge in [0.2, 0.25) is 0 Å². The highest BCUT2D eigenvalue weighted by atomic mass is 35.5. The van der Waals surface area contributed by atoms with Crippen LogP contribution >= 0.6 is 11.6 Å². The van der Waals surface area contributed by atoms with Gasteiger partial charge in [-0.05, 0) is 43.2 Å². The first kappa shape index (κ1) is 25.8. The largest absolute Gasteiger partial charge is 0.495 e. The summed E-state index contributed by atoms with van der Waals surface area (Å²) < 4.78 is 12.3. The molecule has 0 atom stereocenters. The molecule has 0 unspecified atom stereocenters. The molecule has 9 heteroatoms. The average molecular weight is 497 g/mol. The zero-order chi connectivity index (χ0) is 25.5. The molecule has 0 aliphatic carbocycles. The normalized spacial score (nSPS) is 10.6. The Labute approximate surface area is 209 Å². The summed E-state index contributed by atoms with van der Waals surface area (Å²) in [5.41, 5.74) is 1.79. The molecule has 3 rings (SSSR count). The maximum atomic E-state index is 13.4. The van der Waals surface area contributed by atoms with Crippen molar-refractivity contribution in [2.45, 2.75) is 27.3 Å². The summed E-state index contributed by atoms with van der Waals surface area (Å²) >= 11 is 6.60. The van der Waals surface area contributed by atoms with E-state index in [-0.39, 0.29) is 5.57 Å². The Balaban J connectivity index is 2.04. The molecule has 184 valence electrons. The molecule has 0 saturated heterocycles. The van der Waals surface area contributed by atoms with Gasteiger partial charge in [-0.25, -0.2) is 0 Å². The summed E-state index contributed by atoms with van der Waals surface area (Å²) in [6, 6.07) is 13.9. The number of carbonyl (C=O) groups excluding carboxylic acids is 2. The summed E-state index contributed by atoms with van der Waals surface area (Å²) in [5.74, 6) is -0.0256. The van der Waals surface area contributed by atoms with Gasteiger partial charge in [-0.2, -0.15) is 5.10 Å². The van der Waals surface area contributed by atoms with Crippen LogP contribution in [0, 0.1) is 12.8 Å². The van der Waals surface area contributed by atoms with Crippen LogP contribution in [-0.4, -0.2) is 35.8 Å². The zero-order valence-electron chi connectivity index (χ0n) is 20.4. The van der Waals surface area contributed by atoms with Gasteiger partial charge < -0.3 is 20.1 Å². The lowest BCUT2D eigenvalue weighted by molar-refractivity contribution is -0.118. The van der Waals surface area contributed by atoms with E-state index in [2.05, 4.69) is 29.6 Å². The molecule has 1 aromatic heterocycles. The minimum atomic E-state index is -0.631. The zero-order valence-corrected chi connectivity index (χ0v) is 21.1. The van der Waals surface area contributed by atoms with Crippen molar-refractivity contribution in [3.8, 4) is 11.5 Å². The standard InChI is InChI=1S/C26H29ClN4O4/c1-16(2)15-31-24(27)18(17(3)30-31)14-19(25(32)28-20-10-6-8-12-22(20)34-4)26(33)29-21-11-7-9-13-23(21)35-5/h6-14,16H,15H2,1-5H3,(H,28,32)(H,29,33). The molecule has 0 aliphatic rings. The molecule has 3 aromatic rings. The van der Waals surface area contributed by atoms with Gasteiger partial charge in [0, 0.05) is 12.1 Å². The lowest BCUT2D eigenvalue weighted by atomic mass is 10.1. The number of hydrogen-bond donors (Lipinski definition) is 2. The fourth-order valence-corrected chi connectivity index (χ4v) is 3.75. The summed E-state index contributed by atoms with van der Waals surface area (Å²) in [6.45, 7) is 6.48. The average Bonchev–Trinajstić information content (AvgIpc) is 3.09. The van der Waals surface area contributed by atoms with Crippen molar-refractivity contribution in [3.05, 3.63) is 70.5 Å². The molecule has 0 spiro atoms. The van der Waals surface area contributed by atoms with Gasteiger partial charge in [-0.3, -0.25) is 14.3 Å². The van der Waals surface area contributed by atoms with E-state index in [0.29, 0.717) is 51.7 Å². The number of anilines is 2. The molecular formula is C26H29ClN4O4. The molecule has 0 fully saturated rings. The number of carbonyl (C=O) groups is 2. The molecule has 0 aliphatic heterocycles. The molecule has 8 nitrogen and oxygen atoms in total. The van der Waals surface area contributed by atoms with Crippen LogP contribution in [-0.2, 0) is 16.1 Å². The second-order valence-corrected chi connectivity index (χ2v) is 8.59. The molecule has 0 saturated carbocycles. The van der Waals surface area contributed by atoms with Crippen molar-refractivity contribution in [2.24, 2.45) is 5.92 Å². The maximum absolute atomic E-state index is 13.4. The van der Waals surface area contributed by atoms with Crippen molar-refractivity contribution < 1.29 is 19.1 Å². The molecule has 2 aromatic carbocycles. The number of benzene rings is 2. The van der Waals surface area contributed by atoms with E-state index >= 15 is 0 Å². The smallest absolute Gasteiger partial charge is 0.261 e. The van der Waals surface area contributed by atoms with E-state index in [1.54, 1.807) is 60.1 Å². The van der Waals surface area contributed by atoms with Crippen LogP contribution in [0.15, 0.2) is 54.1 Å². The third-order valence-electron chi connectivity index (χ3n) is 5.14. The molecule has 0 radical (unpaired) electrons. The highest BCUT2D eigenvalue weighted by Crippen LogP contribution is 2.28. The van der Waals surface area contributed by atoms with Gasteiger partial charge in [0.25, 0.3) is 11.8 Å². The fourth-order valence-electron chi connectivity index (χ4n) is 3.45. The number of rotatable bonds is 9. The highest BCUT2D eigenvalue weighted by Gasteiger charge is 2.23. The van der Waals surface area contributed by atoms with Gasteiger partial charge in [0.05, 0.1) is 31.3 Å². The Hall–Kier alpha value is -3.78. The lowest BCUT2D eigenvalue weighted by Gasteiger charge is -2.14. The first-order valence-corrected chi connectivity index (χ1v) is 11.5. The van der Waals surface area contributed by atoms with Crippen LogP contribution < -0.4 is 20.1 Å². The second kappa shape index (κ2) is 11.6. The van der Waals surface area contributed by atoms with Crippen molar-refractivity contribution in [1.82, 2.24) is 9.78 Å². The minimum absolute atomic E-state index is 0.157. The monoisotopic (exact) mass is 496 g/mol. The van der Waals surface area contributed by atoms with Gasteiger partial charge >= 0.3 is 0 Å². The third-order valence-corrected chi connectivity index (χ3v) is 5.53. The first-order chi connectivity index (χ1) is 16.7. The van der Waals surface area contributed by atoms with E-state index in [9.17, 15) is 9.59 Å². The topological polar surface area (TPSA) is 94.5 Å². The van der Waals surface area contributed by atoms with Crippen LogP contribution in [0.2, 0.25) is 5.15 Å². The third kappa shape index (κ3) is 6.22. The Bertz CT molecular complexity index is 1190. The van der Waals surface area contributed by atoms with Crippen LogP contribution in [0.25, 0.3) is 6.08 Å². The lowest BCUT2D eigenvalue weighted by Crippen LogP contribution is -2.25. The molecule has 2 amide bonds. The summed E-state index contributed by atoms with van der Waals surface area (Å²) in [4.78, 5) is 26.8. The van der Waals surface area contributed by atoms with Gasteiger partial charge in [-0.15, -0.1) is 0 Å². The Morgan fingerprint density at radius 2 is 1.46 bits per heavy atom. The van der Waals surface area contributed by atoms with Crippen LogP contribution in [0.1, 0.15) is 25.1 Å². The van der Waals surface area contributed by atoms with Gasteiger partial charge in [0.15, 0.2) is 0 Å². The summed E-state index contributed by atoms with van der Waals surface area (Å²) in [5, 5.41) is 10.4. The van der Waals surface area contributed by atoms with E-state index in [1.165, 1.54) is 20.3 Å². The van der Waals surface area contributed by atoms with Crippen molar-refractivity contribution in [1.29, 1.82) is 0 Å². The van der Waals surface area contributed by atoms with Crippen LogP contribution in [0.4, 0.5) is 11.4 Å². The quantitative estimate of drug-likeness (QED) is 0.242. The summed E-state index contributed by atoms with van der Waals surface area (Å²) in [6.07, 6.45) is 1.46. The minimum Gasteiger partial charge on any atom is -0.495 e. The number of aryl methyl sites for hydroxylation is 1. The first-order valence-electron chi connectivity index (χ1n) is 11.1. The molecular weight excluding hydrogens is 468 g/mol. The highest BCUT2D eigenvalue weighted by molar-refractivity contribution is 6.33. The van der Waals surface area contributed by atoms with Crippen molar-refractivity contribution in [3.63, 3.8) is 0 Å². The Morgan fingerprint density at radius 1 is 0.971 bits per heavy atom. The number of halogens is 1. The number of amides is 2. The van der Waals surface area contributed by atoms with Gasteiger partial charge in [0.1, 0.15) is 22.2 Å². The molecule has 2 N–H and O–H groups in total. The van der Waals surface area contributed by atoms with Crippen LogP contribution in [0.3, 0.4) is 0 Å². The number of hydrogen-bond acceptors (Lipinski definition) is 5. The number of nitrogens with zero attached hydrogens (tertiary/aromatic N) is 2. The van der Waals surface area contributed by atoms with E-state index in [4.69, 9.17) is 21.1 Å². The SMILES string of the molecule is COc1ccccc1NC(=O)C(=Cc1c(C)nn(CC(C)C)c1Cl)C(=O)Nc1ccccc1OC. The van der Waals surface area contributed by atoms with Crippen molar-refractivity contribution >= 4 is 40.9 Å². The number of nitrogens with one attached hydrogen (secondary N) is 2. The molecule has 0 bridgehead atoms. The number of ether oxygens (including phenoxy) is 2. The predicted molar refractivity (Wildman–Crippen MR) is 138 cm³/mol. The number of aromatic nitrogens is 2. The van der Waals surface area contributed by atoms with E-state index < -0.39 is 11.8 Å². The Morgan fingerprint density at radius 3 is 1.91 bits per heavy atom. The van der Waals surface area contributed by atoms with Crippen molar-refractivity contribution in [2.75, 3.05) is 24.9 Å². The predicted octanol–water partition coefficient (Wildman–Crippen LogP) is 5.18. The number of methoxy groups -OCH3 is 2. The van der Waals surface area contributed by atoms with Gasteiger partial charge in [-0.1, -0.05) is 49.7 Å². The second-order valence-electron chi connectivity index (χ2n) is 8.23. The van der Waals surface area contributed by atoms with E-state index in [1.807, 2.05) is 0 Å². The molecule has 35 heavy (non-hydrogen) atoms. The number of para-hydroxylation sites is 4. The van der Waals surface area contributed by atoms with Crippen LogP contribution in [0.5, 0.6) is 11.5 Å².